The van der Waals surface area contributed by atoms with Gasteiger partial charge in [-0.25, -0.2) is 0 Å². The second kappa shape index (κ2) is 6.11. The molecule has 1 unspecified atom stereocenters. The summed E-state index contributed by atoms with van der Waals surface area (Å²) < 4.78 is 5.64. The predicted molar refractivity (Wildman–Crippen MR) is 98.1 cm³/mol. The normalized spacial score (nSPS) is 19.8. The van der Waals surface area contributed by atoms with E-state index in [1.165, 1.54) is 6.07 Å². The third kappa shape index (κ3) is 2.70. The molecule has 1 amide bonds. The highest BCUT2D eigenvalue weighted by Gasteiger charge is 2.41. The summed E-state index contributed by atoms with van der Waals surface area (Å²) in [5.74, 6) is -0.375. The highest BCUT2D eigenvalue weighted by atomic mass is 16.3. The van der Waals surface area contributed by atoms with Crippen molar-refractivity contribution >= 4 is 16.9 Å². The zero-order valence-electron chi connectivity index (χ0n) is 14.4. The fourth-order valence-corrected chi connectivity index (χ4v) is 3.65. The van der Waals surface area contributed by atoms with Crippen LogP contribution >= 0.6 is 0 Å². The van der Waals surface area contributed by atoms with Crippen LogP contribution in [-0.4, -0.2) is 29.0 Å². The van der Waals surface area contributed by atoms with Crippen LogP contribution < -0.4 is 5.43 Å². The number of rotatable bonds is 2. The molecule has 5 nitrogen and oxygen atoms in total. The summed E-state index contributed by atoms with van der Waals surface area (Å²) in [6, 6.07) is 15.7. The van der Waals surface area contributed by atoms with Gasteiger partial charge in [0.25, 0.3) is 5.91 Å². The predicted octanol–water partition coefficient (Wildman–Crippen LogP) is 2.84. The van der Waals surface area contributed by atoms with E-state index in [9.17, 15) is 14.7 Å². The Morgan fingerprint density at radius 1 is 1.15 bits per heavy atom. The highest BCUT2D eigenvalue weighted by molar-refractivity contribution is 5.93. The average molecular weight is 349 g/mol. The monoisotopic (exact) mass is 349 g/mol. The largest absolute Gasteiger partial charge is 0.451 e. The fraction of sp³-hybridized carbons (Fsp3) is 0.238. The van der Waals surface area contributed by atoms with Gasteiger partial charge in [0.15, 0.2) is 11.2 Å². The Labute approximate surface area is 150 Å². The number of amides is 1. The lowest BCUT2D eigenvalue weighted by atomic mass is 9.89. The molecule has 2 heterocycles. The van der Waals surface area contributed by atoms with E-state index >= 15 is 0 Å². The molecule has 0 spiro atoms. The SMILES string of the molecule is Cc1ccccc1C1(O)CCN(C(=O)c2cc(=O)c3ccccc3o2)C1. The number of carbonyl (C=O) groups is 1. The molecule has 4 rings (SSSR count). The minimum Gasteiger partial charge on any atom is -0.451 e. The van der Waals surface area contributed by atoms with Gasteiger partial charge >= 0.3 is 0 Å². The lowest BCUT2D eigenvalue weighted by molar-refractivity contribution is 0.0403. The van der Waals surface area contributed by atoms with Gasteiger partial charge in [-0.1, -0.05) is 36.4 Å². The number of hydrogen-bond acceptors (Lipinski definition) is 4. The number of benzene rings is 2. The maximum atomic E-state index is 12.8. The molecule has 132 valence electrons. The first-order valence-electron chi connectivity index (χ1n) is 8.59. The van der Waals surface area contributed by atoms with Crippen molar-refractivity contribution < 1.29 is 14.3 Å². The van der Waals surface area contributed by atoms with Gasteiger partial charge in [0.05, 0.1) is 11.9 Å². The third-order valence-electron chi connectivity index (χ3n) is 5.03. The van der Waals surface area contributed by atoms with E-state index in [4.69, 9.17) is 4.42 Å². The van der Waals surface area contributed by atoms with Crippen molar-refractivity contribution in [3.8, 4) is 0 Å². The molecular formula is C21H19NO4. The highest BCUT2D eigenvalue weighted by Crippen LogP contribution is 2.34. The summed E-state index contributed by atoms with van der Waals surface area (Å²) in [5.41, 5.74) is 0.870. The second-order valence-corrected chi connectivity index (χ2v) is 6.79. The van der Waals surface area contributed by atoms with E-state index < -0.39 is 5.60 Å². The quantitative estimate of drug-likeness (QED) is 0.772. The molecule has 0 aliphatic carbocycles. The third-order valence-corrected chi connectivity index (χ3v) is 5.03. The van der Waals surface area contributed by atoms with Crippen LogP contribution in [0, 0.1) is 6.92 Å². The molecule has 1 aliphatic rings. The molecule has 1 saturated heterocycles. The Kier molecular flexibility index (Phi) is 3.89. The summed E-state index contributed by atoms with van der Waals surface area (Å²) in [7, 11) is 0. The second-order valence-electron chi connectivity index (χ2n) is 6.79. The number of β-amino-alcohol motifs (C(OH)–C–C–N with tert-alkyl or cyclic N) is 1. The average Bonchev–Trinajstić information content (AvgIpc) is 3.04. The van der Waals surface area contributed by atoms with Gasteiger partial charge in [0.2, 0.25) is 0 Å². The Hall–Kier alpha value is -2.92. The molecule has 1 atom stereocenters. The van der Waals surface area contributed by atoms with Crippen molar-refractivity contribution in [2.24, 2.45) is 0 Å². The smallest absolute Gasteiger partial charge is 0.289 e. The van der Waals surface area contributed by atoms with Gasteiger partial charge in [-0.3, -0.25) is 9.59 Å². The van der Waals surface area contributed by atoms with Crippen molar-refractivity contribution in [3.63, 3.8) is 0 Å². The van der Waals surface area contributed by atoms with Crippen LogP contribution in [0.4, 0.5) is 0 Å². The zero-order valence-corrected chi connectivity index (χ0v) is 14.4. The summed E-state index contributed by atoms with van der Waals surface area (Å²) in [5, 5.41) is 11.5. The molecule has 26 heavy (non-hydrogen) atoms. The van der Waals surface area contributed by atoms with E-state index in [0.29, 0.717) is 23.9 Å². The number of likely N-dealkylation sites (tertiary alicyclic amines) is 1. The number of para-hydroxylation sites is 1. The van der Waals surface area contributed by atoms with E-state index in [1.54, 1.807) is 29.2 Å². The van der Waals surface area contributed by atoms with E-state index in [1.807, 2.05) is 31.2 Å². The first-order valence-corrected chi connectivity index (χ1v) is 8.59. The van der Waals surface area contributed by atoms with E-state index in [0.717, 1.165) is 11.1 Å². The molecule has 1 aliphatic heterocycles. The van der Waals surface area contributed by atoms with Crippen LogP contribution in [0.15, 0.2) is 63.8 Å². The van der Waals surface area contributed by atoms with Gasteiger partial charge in [0, 0.05) is 12.6 Å². The minimum atomic E-state index is -1.09. The Morgan fingerprint density at radius 3 is 2.69 bits per heavy atom. The van der Waals surface area contributed by atoms with Crippen LogP contribution in [0.2, 0.25) is 0 Å². The number of nitrogens with zero attached hydrogens (tertiary/aromatic N) is 1. The van der Waals surface area contributed by atoms with E-state index in [-0.39, 0.29) is 23.6 Å². The molecule has 1 N–H and O–H groups in total. The maximum Gasteiger partial charge on any atom is 0.289 e. The summed E-state index contributed by atoms with van der Waals surface area (Å²) in [6.45, 7) is 2.52. The number of aliphatic hydroxyl groups is 1. The van der Waals surface area contributed by atoms with Gasteiger partial charge in [0.1, 0.15) is 11.2 Å². The van der Waals surface area contributed by atoms with Crippen molar-refractivity contribution in [1.82, 2.24) is 4.90 Å². The first-order chi connectivity index (χ1) is 12.5. The summed E-state index contributed by atoms with van der Waals surface area (Å²) in [6.07, 6.45) is 0.446. The number of aryl methyl sites for hydroxylation is 1. The van der Waals surface area contributed by atoms with E-state index in [2.05, 4.69) is 0 Å². The molecular weight excluding hydrogens is 330 g/mol. The molecule has 1 fully saturated rings. The van der Waals surface area contributed by atoms with Gasteiger partial charge in [-0.15, -0.1) is 0 Å². The topological polar surface area (TPSA) is 70.8 Å². The van der Waals surface area contributed by atoms with Crippen LogP contribution in [0.25, 0.3) is 11.0 Å². The molecule has 0 saturated carbocycles. The molecule has 0 bridgehead atoms. The van der Waals surface area contributed by atoms with Crippen molar-refractivity contribution in [1.29, 1.82) is 0 Å². The van der Waals surface area contributed by atoms with Crippen LogP contribution in [0.3, 0.4) is 0 Å². The van der Waals surface area contributed by atoms with Crippen LogP contribution in [0.5, 0.6) is 0 Å². The summed E-state index contributed by atoms with van der Waals surface area (Å²) >= 11 is 0. The maximum absolute atomic E-state index is 12.8. The zero-order chi connectivity index (χ0) is 18.3. The van der Waals surface area contributed by atoms with Gasteiger partial charge in [-0.05, 0) is 36.6 Å². The van der Waals surface area contributed by atoms with Crippen molar-refractivity contribution in [2.45, 2.75) is 18.9 Å². The lowest BCUT2D eigenvalue weighted by Gasteiger charge is -2.25. The van der Waals surface area contributed by atoms with Gasteiger partial charge in [-0.2, -0.15) is 0 Å². The Balaban J connectivity index is 1.64. The number of carbonyl (C=O) groups excluding carboxylic acids is 1. The van der Waals surface area contributed by atoms with Crippen LogP contribution in [-0.2, 0) is 5.60 Å². The first kappa shape index (κ1) is 16.5. The van der Waals surface area contributed by atoms with Gasteiger partial charge < -0.3 is 14.4 Å². The standard InChI is InChI=1S/C21H19NO4/c1-14-6-2-4-8-16(14)21(25)10-11-22(13-21)20(24)19-12-17(23)15-7-3-5-9-18(15)26-19/h2-9,12,25H,10-11,13H2,1H3. The van der Waals surface area contributed by atoms with Crippen molar-refractivity contribution in [2.75, 3.05) is 13.1 Å². The summed E-state index contributed by atoms with van der Waals surface area (Å²) in [4.78, 5) is 26.6. The number of hydrogen-bond donors (Lipinski definition) is 1. The molecule has 5 heteroatoms. The Bertz CT molecular complexity index is 1060. The Morgan fingerprint density at radius 2 is 1.88 bits per heavy atom. The number of fused-ring (bicyclic) bond motifs is 1. The molecule has 0 radical (unpaired) electrons. The lowest BCUT2D eigenvalue weighted by Crippen LogP contribution is -2.35. The molecule has 2 aromatic carbocycles. The minimum absolute atomic E-state index is 0.00253. The fourth-order valence-electron chi connectivity index (χ4n) is 3.65. The molecule has 3 aromatic rings. The molecule has 1 aromatic heterocycles. The van der Waals surface area contributed by atoms with Crippen molar-refractivity contribution in [3.05, 3.63) is 81.7 Å². The van der Waals surface area contributed by atoms with Crippen LogP contribution in [0.1, 0.15) is 28.1 Å².